The van der Waals surface area contributed by atoms with Gasteiger partial charge in [-0.15, -0.1) is 0 Å². The molecule has 0 bridgehead atoms. The number of nitrogens with zero attached hydrogens (tertiary/aromatic N) is 1. The van der Waals surface area contributed by atoms with E-state index in [1.165, 1.54) is 26.2 Å². The lowest BCUT2D eigenvalue weighted by molar-refractivity contribution is -0.146. The highest BCUT2D eigenvalue weighted by atomic mass is 35.5. The van der Waals surface area contributed by atoms with Crippen LogP contribution in [-0.4, -0.2) is 63.6 Å². The second-order valence-electron chi connectivity index (χ2n) is 13.6. The monoisotopic (exact) mass is 732 g/mol. The SMILES string of the molecule is CN=C[C@]1(c2ccc(Cl)cc2F)C(CC(C)(C)C)N[C@@H](C(=O)Nc2ccc(COCCOC(=O)[C@H](C)N)cc2OC)[C@@H]1c1cccc(Cl)c1F. The van der Waals surface area contributed by atoms with Crippen molar-refractivity contribution in [3.8, 4) is 5.75 Å². The molecule has 1 heterocycles. The number of nitrogens with one attached hydrogen (secondary N) is 2. The molecule has 5 atom stereocenters. The summed E-state index contributed by atoms with van der Waals surface area (Å²) in [7, 11) is 3.03. The van der Waals surface area contributed by atoms with Crippen LogP contribution in [0.4, 0.5) is 14.5 Å². The number of halogens is 4. The van der Waals surface area contributed by atoms with Gasteiger partial charge in [-0.3, -0.25) is 14.6 Å². The summed E-state index contributed by atoms with van der Waals surface area (Å²) < 4.78 is 48.5. The molecule has 1 unspecified atom stereocenters. The number of carbonyl (C=O) groups is 2. The fourth-order valence-corrected chi connectivity index (χ4v) is 6.86. The van der Waals surface area contributed by atoms with Crippen LogP contribution < -0.4 is 21.1 Å². The molecule has 4 N–H and O–H groups in total. The number of aliphatic imine (C=N–C) groups is 1. The Hall–Kier alpha value is -3.61. The van der Waals surface area contributed by atoms with Crippen LogP contribution in [0.3, 0.4) is 0 Å². The quantitative estimate of drug-likeness (QED) is 0.100. The van der Waals surface area contributed by atoms with Gasteiger partial charge in [0.05, 0.1) is 42.5 Å². The Bertz CT molecular complexity index is 1720. The van der Waals surface area contributed by atoms with Crippen LogP contribution in [0.15, 0.2) is 59.6 Å². The summed E-state index contributed by atoms with van der Waals surface area (Å²) in [5, 5.41) is 6.48. The second kappa shape index (κ2) is 16.6. The van der Waals surface area contributed by atoms with Gasteiger partial charge in [0.1, 0.15) is 30.0 Å². The summed E-state index contributed by atoms with van der Waals surface area (Å²) in [4.78, 5) is 30.4. The number of nitrogens with two attached hydrogens (primary N) is 1. The first-order valence-corrected chi connectivity index (χ1v) is 16.9. The van der Waals surface area contributed by atoms with Gasteiger partial charge in [0.25, 0.3) is 0 Å². The number of ether oxygens (including phenoxy) is 3. The minimum Gasteiger partial charge on any atom is -0.495 e. The maximum atomic E-state index is 16.1. The van der Waals surface area contributed by atoms with Crippen LogP contribution in [0.2, 0.25) is 10.0 Å². The van der Waals surface area contributed by atoms with Crippen molar-refractivity contribution in [3.05, 3.63) is 93.0 Å². The zero-order chi connectivity index (χ0) is 36.8. The lowest BCUT2D eigenvalue weighted by atomic mass is 9.62. The molecule has 1 fully saturated rings. The number of esters is 1. The van der Waals surface area contributed by atoms with Crippen molar-refractivity contribution in [2.45, 2.75) is 70.2 Å². The molecule has 270 valence electrons. The van der Waals surface area contributed by atoms with E-state index in [9.17, 15) is 9.59 Å². The molecule has 0 aromatic heterocycles. The van der Waals surface area contributed by atoms with Gasteiger partial charge in [0.2, 0.25) is 5.91 Å². The molecule has 0 spiro atoms. The van der Waals surface area contributed by atoms with Gasteiger partial charge in [-0.25, -0.2) is 8.78 Å². The van der Waals surface area contributed by atoms with E-state index >= 15 is 8.78 Å². The highest BCUT2D eigenvalue weighted by Gasteiger charge is 2.59. The van der Waals surface area contributed by atoms with Crippen LogP contribution in [0.1, 0.15) is 56.7 Å². The van der Waals surface area contributed by atoms with Crippen LogP contribution in [-0.2, 0) is 31.1 Å². The highest BCUT2D eigenvalue weighted by Crippen LogP contribution is 2.52. The van der Waals surface area contributed by atoms with Crippen molar-refractivity contribution in [3.63, 3.8) is 0 Å². The van der Waals surface area contributed by atoms with E-state index in [0.717, 1.165) is 5.56 Å². The Labute approximate surface area is 301 Å². The Morgan fingerprint density at radius 1 is 1.12 bits per heavy atom. The molecule has 3 aromatic carbocycles. The predicted molar refractivity (Wildman–Crippen MR) is 192 cm³/mol. The maximum Gasteiger partial charge on any atom is 0.322 e. The third-order valence-corrected chi connectivity index (χ3v) is 9.12. The summed E-state index contributed by atoms with van der Waals surface area (Å²) in [5.41, 5.74) is 5.26. The molecule has 4 rings (SSSR count). The summed E-state index contributed by atoms with van der Waals surface area (Å²) in [5.74, 6) is -3.02. The molecule has 1 aliphatic rings. The molecule has 13 heteroatoms. The molecular formula is C37H44Cl2F2N4O5. The van der Waals surface area contributed by atoms with Crippen molar-refractivity contribution in [2.75, 3.05) is 32.7 Å². The number of anilines is 1. The number of hydrogen-bond acceptors (Lipinski definition) is 8. The largest absolute Gasteiger partial charge is 0.495 e. The molecule has 1 saturated heterocycles. The van der Waals surface area contributed by atoms with Gasteiger partial charge >= 0.3 is 5.97 Å². The van der Waals surface area contributed by atoms with E-state index in [2.05, 4.69) is 15.6 Å². The minimum absolute atomic E-state index is 0.0504. The maximum absolute atomic E-state index is 16.1. The smallest absolute Gasteiger partial charge is 0.322 e. The van der Waals surface area contributed by atoms with Gasteiger partial charge in [0.15, 0.2) is 0 Å². The van der Waals surface area contributed by atoms with E-state index in [1.807, 2.05) is 20.8 Å². The average Bonchev–Trinajstić information content (AvgIpc) is 3.35. The number of carbonyl (C=O) groups excluding carboxylic acids is 2. The van der Waals surface area contributed by atoms with Crippen molar-refractivity contribution in [1.29, 1.82) is 0 Å². The Morgan fingerprint density at radius 3 is 2.50 bits per heavy atom. The first-order valence-electron chi connectivity index (χ1n) is 16.2. The predicted octanol–water partition coefficient (Wildman–Crippen LogP) is 6.82. The van der Waals surface area contributed by atoms with Gasteiger partial charge in [-0.1, -0.05) is 68.2 Å². The summed E-state index contributed by atoms with van der Waals surface area (Å²) >= 11 is 12.5. The molecule has 1 aliphatic heterocycles. The van der Waals surface area contributed by atoms with Gasteiger partial charge in [-0.2, -0.15) is 0 Å². The molecular weight excluding hydrogens is 689 g/mol. The molecule has 3 aromatic rings. The Balaban J connectivity index is 1.74. The topological polar surface area (TPSA) is 124 Å². The summed E-state index contributed by atoms with van der Waals surface area (Å²) in [6.45, 7) is 8.02. The summed E-state index contributed by atoms with van der Waals surface area (Å²) in [6.07, 6.45) is 2.07. The van der Waals surface area contributed by atoms with E-state index in [-0.39, 0.29) is 46.4 Å². The molecule has 0 radical (unpaired) electrons. The van der Waals surface area contributed by atoms with Gasteiger partial charge in [-0.05, 0) is 60.2 Å². The van der Waals surface area contributed by atoms with E-state index in [0.29, 0.717) is 17.9 Å². The lowest BCUT2D eigenvalue weighted by Crippen LogP contribution is -2.47. The first-order chi connectivity index (χ1) is 23.6. The van der Waals surface area contributed by atoms with Crippen molar-refractivity contribution in [2.24, 2.45) is 16.1 Å². The van der Waals surface area contributed by atoms with E-state index in [1.54, 1.807) is 55.7 Å². The van der Waals surface area contributed by atoms with Crippen LogP contribution in [0.25, 0.3) is 0 Å². The molecule has 1 amide bonds. The number of rotatable bonds is 13. The van der Waals surface area contributed by atoms with E-state index in [4.69, 9.17) is 43.1 Å². The fourth-order valence-electron chi connectivity index (χ4n) is 6.52. The third kappa shape index (κ3) is 8.81. The number of amides is 1. The minimum atomic E-state index is -1.36. The Kier molecular flexibility index (Phi) is 13.0. The molecule has 9 nitrogen and oxygen atoms in total. The zero-order valence-electron chi connectivity index (χ0n) is 29.0. The van der Waals surface area contributed by atoms with Gasteiger partial charge in [0, 0.05) is 35.8 Å². The molecule has 50 heavy (non-hydrogen) atoms. The average molecular weight is 734 g/mol. The van der Waals surface area contributed by atoms with E-state index < -0.39 is 53.0 Å². The molecule has 0 aliphatic carbocycles. The van der Waals surface area contributed by atoms with Crippen LogP contribution >= 0.6 is 23.2 Å². The number of benzene rings is 3. The summed E-state index contributed by atoms with van der Waals surface area (Å²) in [6, 6.07) is 11.7. The molecule has 0 saturated carbocycles. The third-order valence-electron chi connectivity index (χ3n) is 8.60. The van der Waals surface area contributed by atoms with Crippen LogP contribution in [0.5, 0.6) is 5.75 Å². The lowest BCUT2D eigenvalue weighted by Gasteiger charge is -2.40. The second-order valence-corrected chi connectivity index (χ2v) is 14.4. The first kappa shape index (κ1) is 39.2. The normalized spacial score (nSPS) is 21.3. The number of methoxy groups -OCH3 is 1. The van der Waals surface area contributed by atoms with Gasteiger partial charge < -0.3 is 30.6 Å². The zero-order valence-corrected chi connectivity index (χ0v) is 30.5. The van der Waals surface area contributed by atoms with Crippen molar-refractivity contribution < 1.29 is 32.6 Å². The van der Waals surface area contributed by atoms with Crippen LogP contribution in [0, 0.1) is 17.0 Å². The fraction of sp³-hybridized carbons (Fsp3) is 0.432. The highest BCUT2D eigenvalue weighted by molar-refractivity contribution is 6.31. The number of hydrogen-bond donors (Lipinski definition) is 3. The standard InChI is InChI=1S/C37H44Cl2F2N4O5/c1-21(42)35(47)50-15-14-49-19-22-10-13-28(29(16-22)48-6)44-34(46)33-31(24-8-7-9-26(39)32(24)41)37(20-43-5,30(45-33)18-36(2,3)4)25-12-11-23(38)17-27(25)40/h7-13,16-17,20-21,30-31,33,45H,14-15,18-19,42H2,1-6H3,(H,44,46)/t21-,30?,31-,33+,37-/m0/s1. The van der Waals surface area contributed by atoms with Crippen molar-refractivity contribution >= 4 is 47.0 Å². The van der Waals surface area contributed by atoms with Crippen molar-refractivity contribution in [1.82, 2.24) is 5.32 Å². The Morgan fingerprint density at radius 2 is 1.86 bits per heavy atom.